The maximum Gasteiger partial charge on any atom is 0.352 e. The molecular formula is C26H17ClF2N2O4S. The molecular weight excluding hydrogens is 510 g/mol. The minimum atomic E-state index is -2.64. The van der Waals surface area contributed by atoms with Crippen molar-refractivity contribution in [2.75, 3.05) is 11.9 Å². The van der Waals surface area contributed by atoms with Crippen LogP contribution in [0.25, 0.3) is 0 Å². The molecule has 0 spiro atoms. The van der Waals surface area contributed by atoms with Gasteiger partial charge in [0, 0.05) is 17.8 Å². The number of carbonyl (C=O) groups excluding carboxylic acids is 2. The lowest BCUT2D eigenvalue weighted by Gasteiger charge is -2.19. The predicted molar refractivity (Wildman–Crippen MR) is 132 cm³/mol. The second kappa shape index (κ2) is 10.8. The summed E-state index contributed by atoms with van der Waals surface area (Å²) in [4.78, 5) is 30.0. The van der Waals surface area contributed by atoms with Gasteiger partial charge in [-0.15, -0.1) is 0 Å². The van der Waals surface area contributed by atoms with Crippen molar-refractivity contribution < 1.29 is 26.8 Å². The van der Waals surface area contributed by atoms with Crippen LogP contribution in [0.5, 0.6) is 0 Å². The summed E-state index contributed by atoms with van der Waals surface area (Å²) in [6, 6.07) is 19.6. The van der Waals surface area contributed by atoms with E-state index in [1.807, 2.05) is 12.1 Å². The van der Waals surface area contributed by atoms with Crippen molar-refractivity contribution in [2.45, 2.75) is 4.90 Å². The average Bonchev–Trinajstić information content (AvgIpc) is 2.90. The van der Waals surface area contributed by atoms with E-state index in [2.05, 4.69) is 4.98 Å². The van der Waals surface area contributed by atoms with Crippen LogP contribution in [0.1, 0.15) is 26.4 Å². The summed E-state index contributed by atoms with van der Waals surface area (Å²) in [7, 11) is 1.79. The Balaban J connectivity index is 1.52. The number of hydrogen-bond donors (Lipinski definition) is 0. The number of carbonyl (C=O) groups is 2. The molecule has 6 nitrogen and oxygen atoms in total. The van der Waals surface area contributed by atoms with Gasteiger partial charge in [-0.3, -0.25) is 9.78 Å². The molecule has 0 saturated carbocycles. The molecule has 10 heteroatoms. The van der Waals surface area contributed by atoms with Crippen molar-refractivity contribution in [1.82, 2.24) is 4.98 Å². The van der Waals surface area contributed by atoms with E-state index in [1.165, 1.54) is 24.4 Å². The number of pyridine rings is 1. The van der Waals surface area contributed by atoms with Crippen LogP contribution in [-0.2, 0) is 15.3 Å². The SMILES string of the molecule is CN(c1ccc(Cl)cc1)c1ccc(C(=O)c2ccc(S(=O)OC(=O)c3ccccc3)c(F)c2F)nc1. The van der Waals surface area contributed by atoms with Gasteiger partial charge < -0.3 is 9.08 Å². The quantitative estimate of drug-likeness (QED) is 0.279. The van der Waals surface area contributed by atoms with Crippen LogP contribution in [0, 0.1) is 11.6 Å². The molecule has 182 valence electrons. The van der Waals surface area contributed by atoms with E-state index >= 15 is 0 Å². The maximum absolute atomic E-state index is 14.8. The lowest BCUT2D eigenvalue weighted by Crippen LogP contribution is -2.13. The molecule has 0 amide bonds. The summed E-state index contributed by atoms with van der Waals surface area (Å²) >= 11 is 3.27. The number of nitrogens with zero attached hydrogens (tertiary/aromatic N) is 2. The standard InChI is InChI=1S/C26H17ClF2N2O4S/c1-31(18-9-7-17(27)8-10-18)19-11-13-21(30-15-19)25(32)20-12-14-22(24(29)23(20)28)36(34)35-26(33)16-5-3-2-4-6-16/h2-15H,1H3. The highest BCUT2D eigenvalue weighted by Crippen LogP contribution is 2.26. The number of benzene rings is 3. The van der Waals surface area contributed by atoms with E-state index in [9.17, 15) is 22.6 Å². The summed E-state index contributed by atoms with van der Waals surface area (Å²) in [5.74, 6) is -4.92. The van der Waals surface area contributed by atoms with Crippen LogP contribution in [0.3, 0.4) is 0 Å². The van der Waals surface area contributed by atoms with Crippen molar-refractivity contribution >= 4 is 45.8 Å². The van der Waals surface area contributed by atoms with E-state index in [1.54, 1.807) is 48.3 Å². The molecule has 1 unspecified atom stereocenters. The Bertz CT molecular complexity index is 1450. The molecule has 0 bridgehead atoms. The molecule has 4 aromatic rings. The van der Waals surface area contributed by atoms with E-state index in [-0.39, 0.29) is 11.3 Å². The molecule has 3 aromatic carbocycles. The lowest BCUT2D eigenvalue weighted by molar-refractivity contribution is 0.0756. The molecule has 0 fully saturated rings. The summed E-state index contributed by atoms with van der Waals surface area (Å²) < 4.78 is 46.5. The Kier molecular flexibility index (Phi) is 7.52. The van der Waals surface area contributed by atoms with Gasteiger partial charge in [-0.1, -0.05) is 29.8 Å². The number of aromatic nitrogens is 1. The van der Waals surface area contributed by atoms with Crippen molar-refractivity contribution in [3.8, 4) is 0 Å². The molecule has 1 atom stereocenters. The van der Waals surface area contributed by atoms with Crippen molar-refractivity contribution in [3.05, 3.63) is 119 Å². The van der Waals surface area contributed by atoms with Crippen molar-refractivity contribution in [2.24, 2.45) is 0 Å². The number of hydrogen-bond acceptors (Lipinski definition) is 6. The molecule has 36 heavy (non-hydrogen) atoms. The van der Waals surface area contributed by atoms with Gasteiger partial charge in [0.25, 0.3) is 0 Å². The first-order valence-electron chi connectivity index (χ1n) is 10.4. The molecule has 0 saturated heterocycles. The molecule has 0 N–H and O–H groups in total. The Labute approximate surface area is 212 Å². The lowest BCUT2D eigenvalue weighted by atomic mass is 10.1. The van der Waals surface area contributed by atoms with Gasteiger partial charge in [0.2, 0.25) is 16.9 Å². The van der Waals surface area contributed by atoms with Gasteiger partial charge in [0.1, 0.15) is 10.6 Å². The van der Waals surface area contributed by atoms with Gasteiger partial charge in [0.05, 0.1) is 23.0 Å². The Morgan fingerprint density at radius 3 is 2.19 bits per heavy atom. The molecule has 4 rings (SSSR count). The zero-order chi connectivity index (χ0) is 25.8. The van der Waals surface area contributed by atoms with Crippen LogP contribution >= 0.6 is 11.6 Å². The highest BCUT2D eigenvalue weighted by atomic mass is 35.5. The van der Waals surface area contributed by atoms with Crippen molar-refractivity contribution in [3.63, 3.8) is 0 Å². The third-order valence-electron chi connectivity index (χ3n) is 5.21. The van der Waals surface area contributed by atoms with E-state index in [4.69, 9.17) is 15.8 Å². The molecule has 1 heterocycles. The molecule has 1 aromatic heterocycles. The molecule has 0 radical (unpaired) electrons. The first kappa shape index (κ1) is 25.2. The van der Waals surface area contributed by atoms with Crippen LogP contribution in [0.4, 0.5) is 20.2 Å². The smallest absolute Gasteiger partial charge is 0.352 e. The monoisotopic (exact) mass is 526 g/mol. The van der Waals surface area contributed by atoms with Crippen LogP contribution in [0.2, 0.25) is 5.02 Å². The predicted octanol–water partition coefficient (Wildman–Crippen LogP) is 5.89. The summed E-state index contributed by atoms with van der Waals surface area (Å²) in [5, 5.41) is 0.588. The largest absolute Gasteiger partial charge is 0.356 e. The Hall–Kier alpha value is -3.95. The second-order valence-electron chi connectivity index (χ2n) is 7.48. The van der Waals surface area contributed by atoms with E-state index in [0.29, 0.717) is 10.7 Å². The number of anilines is 2. The van der Waals surface area contributed by atoms with E-state index < -0.39 is 44.9 Å². The average molecular weight is 527 g/mol. The van der Waals surface area contributed by atoms with Crippen LogP contribution in [-0.4, -0.2) is 28.0 Å². The fourth-order valence-electron chi connectivity index (χ4n) is 3.24. The van der Waals surface area contributed by atoms with Crippen molar-refractivity contribution in [1.29, 1.82) is 0 Å². The van der Waals surface area contributed by atoms with Crippen LogP contribution in [0.15, 0.2) is 90.0 Å². The summed E-state index contributed by atoms with van der Waals surface area (Å²) in [5.41, 5.74) is 0.839. The van der Waals surface area contributed by atoms with Gasteiger partial charge in [0.15, 0.2) is 11.6 Å². The first-order chi connectivity index (χ1) is 17.3. The number of ketones is 1. The third-order valence-corrected chi connectivity index (χ3v) is 6.44. The molecule has 0 aliphatic heterocycles. The van der Waals surface area contributed by atoms with E-state index in [0.717, 1.165) is 17.8 Å². The summed E-state index contributed by atoms with van der Waals surface area (Å²) in [6.45, 7) is 0. The van der Waals surface area contributed by atoms with Gasteiger partial charge in [-0.05, 0) is 60.7 Å². The maximum atomic E-state index is 14.8. The Morgan fingerprint density at radius 2 is 1.56 bits per heavy atom. The Morgan fingerprint density at radius 1 is 0.889 bits per heavy atom. The highest BCUT2D eigenvalue weighted by molar-refractivity contribution is 7.80. The van der Waals surface area contributed by atoms with Gasteiger partial charge in [-0.2, -0.15) is 0 Å². The van der Waals surface area contributed by atoms with Gasteiger partial charge in [-0.25, -0.2) is 17.8 Å². The topological polar surface area (TPSA) is 76.6 Å². The zero-order valence-corrected chi connectivity index (χ0v) is 20.2. The normalized spacial score (nSPS) is 11.6. The van der Waals surface area contributed by atoms with Crippen LogP contribution < -0.4 is 4.90 Å². The molecule has 0 aliphatic rings. The minimum Gasteiger partial charge on any atom is -0.356 e. The second-order valence-corrected chi connectivity index (χ2v) is 8.99. The number of halogens is 3. The molecule has 0 aliphatic carbocycles. The highest BCUT2D eigenvalue weighted by Gasteiger charge is 2.25. The van der Waals surface area contributed by atoms with Gasteiger partial charge >= 0.3 is 5.97 Å². The minimum absolute atomic E-state index is 0.0924. The fourth-order valence-corrected chi connectivity index (χ4v) is 4.11. The zero-order valence-electron chi connectivity index (χ0n) is 18.7. The fraction of sp³-hybridized carbons (Fsp3) is 0.0385. The number of rotatable bonds is 7. The third kappa shape index (κ3) is 5.32. The summed E-state index contributed by atoms with van der Waals surface area (Å²) in [6.07, 6.45) is 1.42. The first-order valence-corrected chi connectivity index (χ1v) is 11.9.